The van der Waals surface area contributed by atoms with Gasteiger partial charge in [-0.05, 0) is 34.2 Å². The van der Waals surface area contributed by atoms with Crippen LogP contribution < -0.4 is 0 Å². The highest BCUT2D eigenvalue weighted by atomic mass is 16.6. The summed E-state index contributed by atoms with van der Waals surface area (Å²) in [6.45, 7) is 1.52. The lowest BCUT2D eigenvalue weighted by Gasteiger charge is -2.26. The fourth-order valence-corrected chi connectivity index (χ4v) is 3.71. The molecular weight excluding hydrogens is 314 g/mol. The second-order valence-electron chi connectivity index (χ2n) is 6.52. The van der Waals surface area contributed by atoms with Crippen LogP contribution in [0.3, 0.4) is 0 Å². The van der Waals surface area contributed by atoms with E-state index in [1.165, 1.54) is 22.3 Å². The van der Waals surface area contributed by atoms with Crippen molar-refractivity contribution in [2.24, 2.45) is 0 Å². The highest BCUT2D eigenvalue weighted by Gasteiger charge is 2.29. The Balaban J connectivity index is 1.48. The Morgan fingerprint density at radius 2 is 1.72 bits per heavy atom. The Morgan fingerprint density at radius 1 is 1.08 bits per heavy atom. The average molecular weight is 335 g/mol. The molecule has 1 aliphatic carbocycles. The second-order valence-corrected chi connectivity index (χ2v) is 6.52. The zero-order valence-electron chi connectivity index (χ0n) is 14.0. The lowest BCUT2D eigenvalue weighted by Crippen LogP contribution is -2.36. The topological polar surface area (TPSA) is 49.8 Å². The van der Waals surface area contributed by atoms with Gasteiger partial charge in [-0.1, -0.05) is 54.6 Å². The molecule has 2 aliphatic rings. The number of carbonyl (C=O) groups is 1. The smallest absolute Gasteiger partial charge is 0.410 e. The molecule has 25 heavy (non-hydrogen) atoms. The van der Waals surface area contributed by atoms with E-state index < -0.39 is 0 Å². The maximum atomic E-state index is 12.4. The van der Waals surface area contributed by atoms with E-state index in [2.05, 4.69) is 24.3 Å². The van der Waals surface area contributed by atoms with E-state index in [0.717, 1.165) is 5.57 Å². The van der Waals surface area contributed by atoms with Crippen LogP contribution in [0, 0.1) is 0 Å². The molecule has 0 bridgehead atoms. The van der Waals surface area contributed by atoms with Gasteiger partial charge in [0.1, 0.15) is 6.61 Å². The van der Waals surface area contributed by atoms with Gasteiger partial charge in [0.15, 0.2) is 0 Å². The van der Waals surface area contributed by atoms with E-state index in [4.69, 9.17) is 9.84 Å². The second kappa shape index (κ2) is 6.73. The normalized spacial score (nSPS) is 16.2. The molecule has 4 rings (SSSR count). The molecule has 1 heterocycles. The predicted molar refractivity (Wildman–Crippen MR) is 96.4 cm³/mol. The molecule has 1 aliphatic heterocycles. The molecule has 0 atom stereocenters. The molecule has 2 aromatic carbocycles. The first-order valence-electron chi connectivity index (χ1n) is 8.66. The first kappa shape index (κ1) is 15.9. The third-order valence-corrected chi connectivity index (χ3v) is 5.10. The highest BCUT2D eigenvalue weighted by molar-refractivity contribution is 5.79. The number of nitrogens with zero attached hydrogens (tertiary/aromatic N) is 1. The first-order valence-corrected chi connectivity index (χ1v) is 8.66. The van der Waals surface area contributed by atoms with Gasteiger partial charge in [0.05, 0.1) is 6.61 Å². The van der Waals surface area contributed by atoms with Crippen LogP contribution in [0.4, 0.5) is 4.79 Å². The fraction of sp³-hybridized carbons (Fsp3) is 0.286. The van der Waals surface area contributed by atoms with Crippen LogP contribution in [0.1, 0.15) is 23.5 Å². The summed E-state index contributed by atoms with van der Waals surface area (Å²) in [7, 11) is 0. The van der Waals surface area contributed by atoms with E-state index >= 15 is 0 Å². The van der Waals surface area contributed by atoms with Gasteiger partial charge in [-0.15, -0.1) is 0 Å². The summed E-state index contributed by atoms with van der Waals surface area (Å²) < 4.78 is 5.64. The van der Waals surface area contributed by atoms with Gasteiger partial charge in [-0.3, -0.25) is 0 Å². The molecule has 4 heteroatoms. The zero-order chi connectivity index (χ0) is 17.2. The number of amides is 1. The van der Waals surface area contributed by atoms with Crippen LogP contribution in [0.2, 0.25) is 0 Å². The number of aliphatic hydroxyl groups is 1. The van der Waals surface area contributed by atoms with Gasteiger partial charge >= 0.3 is 6.09 Å². The van der Waals surface area contributed by atoms with Crippen LogP contribution in [0.5, 0.6) is 0 Å². The molecule has 0 radical (unpaired) electrons. The molecule has 4 nitrogen and oxygen atoms in total. The van der Waals surface area contributed by atoms with Gasteiger partial charge in [-0.25, -0.2) is 4.79 Å². The summed E-state index contributed by atoms with van der Waals surface area (Å²) >= 11 is 0. The van der Waals surface area contributed by atoms with E-state index in [9.17, 15) is 4.79 Å². The van der Waals surface area contributed by atoms with Crippen molar-refractivity contribution in [3.63, 3.8) is 0 Å². The van der Waals surface area contributed by atoms with Crippen molar-refractivity contribution in [2.75, 3.05) is 26.3 Å². The van der Waals surface area contributed by atoms with Gasteiger partial charge in [0.25, 0.3) is 0 Å². The van der Waals surface area contributed by atoms with E-state index in [1.54, 1.807) is 4.90 Å². The van der Waals surface area contributed by atoms with Gasteiger partial charge < -0.3 is 14.7 Å². The van der Waals surface area contributed by atoms with E-state index in [1.807, 2.05) is 30.3 Å². The molecule has 1 amide bonds. The van der Waals surface area contributed by atoms with E-state index in [0.29, 0.717) is 26.1 Å². The Hall–Kier alpha value is -2.59. The van der Waals surface area contributed by atoms with Crippen molar-refractivity contribution in [1.82, 2.24) is 4.90 Å². The number of hydrogen-bond donors (Lipinski definition) is 1. The number of benzene rings is 2. The molecule has 1 N–H and O–H groups in total. The molecular formula is C21H21NO3. The minimum atomic E-state index is -0.282. The fourth-order valence-electron chi connectivity index (χ4n) is 3.71. The summed E-state index contributed by atoms with van der Waals surface area (Å²) in [6, 6.07) is 16.6. The standard InChI is InChI=1S/C21H21NO3/c23-13-15-9-11-22(12-10-15)21(24)25-14-20-18-7-3-1-5-16(18)17-6-2-4-8-19(17)20/h1-9,20,23H,10-14H2. The van der Waals surface area contributed by atoms with Crippen LogP contribution in [-0.2, 0) is 4.74 Å². The Bertz CT molecular complexity index is 782. The largest absolute Gasteiger partial charge is 0.448 e. The van der Waals surface area contributed by atoms with Gasteiger partial charge in [-0.2, -0.15) is 0 Å². The van der Waals surface area contributed by atoms with Crippen molar-refractivity contribution in [3.05, 3.63) is 71.3 Å². The van der Waals surface area contributed by atoms with Crippen molar-refractivity contribution >= 4 is 6.09 Å². The Kier molecular flexibility index (Phi) is 4.28. The summed E-state index contributed by atoms with van der Waals surface area (Å²) in [4.78, 5) is 14.1. The minimum Gasteiger partial charge on any atom is -0.448 e. The van der Waals surface area contributed by atoms with Crippen LogP contribution in [-0.4, -0.2) is 42.4 Å². The monoisotopic (exact) mass is 335 g/mol. The molecule has 128 valence electrons. The highest BCUT2D eigenvalue weighted by Crippen LogP contribution is 2.44. The number of fused-ring (bicyclic) bond motifs is 3. The lowest BCUT2D eigenvalue weighted by molar-refractivity contribution is 0.102. The first-order chi connectivity index (χ1) is 12.3. The quantitative estimate of drug-likeness (QED) is 0.873. The maximum absolute atomic E-state index is 12.4. The van der Waals surface area contributed by atoms with Crippen molar-refractivity contribution in [1.29, 1.82) is 0 Å². The van der Waals surface area contributed by atoms with Crippen LogP contribution >= 0.6 is 0 Å². The molecule has 0 aromatic heterocycles. The van der Waals surface area contributed by atoms with Crippen LogP contribution in [0.25, 0.3) is 11.1 Å². The molecule has 0 saturated carbocycles. The SMILES string of the molecule is O=C(OCC1c2ccccc2-c2ccccc21)N1CC=C(CO)CC1. The van der Waals surface area contributed by atoms with Crippen molar-refractivity contribution < 1.29 is 14.6 Å². The molecule has 2 aromatic rings. The van der Waals surface area contributed by atoms with Crippen molar-refractivity contribution in [2.45, 2.75) is 12.3 Å². The van der Waals surface area contributed by atoms with Gasteiger partial charge in [0, 0.05) is 19.0 Å². The number of ether oxygens (including phenoxy) is 1. The summed E-state index contributed by atoms with van der Waals surface area (Å²) in [5.41, 5.74) is 5.89. The van der Waals surface area contributed by atoms with Crippen LogP contribution in [0.15, 0.2) is 60.2 Å². The minimum absolute atomic E-state index is 0.0680. The average Bonchev–Trinajstić information content (AvgIpc) is 3.00. The Morgan fingerprint density at radius 3 is 2.28 bits per heavy atom. The Labute approximate surface area is 147 Å². The van der Waals surface area contributed by atoms with E-state index in [-0.39, 0.29) is 18.6 Å². The number of hydrogen-bond acceptors (Lipinski definition) is 3. The summed E-state index contributed by atoms with van der Waals surface area (Å²) in [6.07, 6.45) is 2.33. The number of rotatable bonds is 3. The molecule has 0 unspecified atom stereocenters. The molecule has 0 spiro atoms. The predicted octanol–water partition coefficient (Wildman–Crippen LogP) is 3.56. The summed E-state index contributed by atoms with van der Waals surface area (Å²) in [5, 5.41) is 9.15. The summed E-state index contributed by atoms with van der Waals surface area (Å²) in [5.74, 6) is 0.0877. The zero-order valence-corrected chi connectivity index (χ0v) is 14.0. The lowest BCUT2D eigenvalue weighted by atomic mass is 9.98. The van der Waals surface area contributed by atoms with Gasteiger partial charge in [0.2, 0.25) is 0 Å². The molecule has 0 fully saturated rings. The third-order valence-electron chi connectivity index (χ3n) is 5.10. The number of carbonyl (C=O) groups excluding carboxylic acids is 1. The van der Waals surface area contributed by atoms with Crippen molar-refractivity contribution in [3.8, 4) is 11.1 Å². The third kappa shape index (κ3) is 2.94. The molecule has 0 saturated heterocycles. The number of aliphatic hydroxyl groups excluding tert-OH is 1. The maximum Gasteiger partial charge on any atom is 0.410 e.